The van der Waals surface area contributed by atoms with Gasteiger partial charge in [0.2, 0.25) is 0 Å². The lowest BCUT2D eigenvalue weighted by atomic mass is 10.2. The summed E-state index contributed by atoms with van der Waals surface area (Å²) in [6.45, 7) is 2.71. The third kappa shape index (κ3) is 2.90. The minimum Gasteiger partial charge on any atom is -0.326 e. The van der Waals surface area contributed by atoms with Gasteiger partial charge < -0.3 is 4.90 Å². The zero-order chi connectivity index (χ0) is 13.1. The SMILES string of the molecule is CCN(c1cccc(F)c1)c1ncc(Br)cc1Br. The summed E-state index contributed by atoms with van der Waals surface area (Å²) in [5, 5.41) is 0. The lowest BCUT2D eigenvalue weighted by molar-refractivity contribution is 0.627. The van der Waals surface area contributed by atoms with Crippen LogP contribution in [-0.2, 0) is 0 Å². The predicted molar refractivity (Wildman–Crippen MR) is 78.7 cm³/mol. The Balaban J connectivity index is 2.45. The minimum atomic E-state index is -0.251. The summed E-state index contributed by atoms with van der Waals surface area (Å²) in [5.74, 6) is 0.519. The van der Waals surface area contributed by atoms with E-state index in [1.807, 2.05) is 24.0 Å². The number of rotatable bonds is 3. The highest BCUT2D eigenvalue weighted by Crippen LogP contribution is 2.31. The largest absolute Gasteiger partial charge is 0.326 e. The van der Waals surface area contributed by atoms with Crippen LogP contribution in [0.25, 0.3) is 0 Å². The molecule has 0 unspecified atom stereocenters. The number of pyridine rings is 1. The summed E-state index contributed by atoms with van der Waals surface area (Å²) >= 11 is 6.84. The van der Waals surface area contributed by atoms with Gasteiger partial charge in [0.15, 0.2) is 0 Å². The van der Waals surface area contributed by atoms with Gasteiger partial charge in [-0.3, -0.25) is 0 Å². The van der Waals surface area contributed by atoms with Crippen LogP contribution in [0, 0.1) is 5.82 Å². The lowest BCUT2D eigenvalue weighted by Gasteiger charge is -2.23. The van der Waals surface area contributed by atoms with Gasteiger partial charge >= 0.3 is 0 Å². The van der Waals surface area contributed by atoms with Gasteiger partial charge in [-0.1, -0.05) is 6.07 Å². The van der Waals surface area contributed by atoms with Gasteiger partial charge in [0.25, 0.3) is 0 Å². The molecule has 1 aromatic heterocycles. The highest BCUT2D eigenvalue weighted by atomic mass is 79.9. The molecule has 0 spiro atoms. The van der Waals surface area contributed by atoms with Gasteiger partial charge in [-0.25, -0.2) is 9.37 Å². The highest BCUT2D eigenvalue weighted by molar-refractivity contribution is 9.11. The maximum atomic E-state index is 13.3. The molecule has 0 aliphatic carbocycles. The van der Waals surface area contributed by atoms with Crippen molar-refractivity contribution in [2.45, 2.75) is 6.92 Å². The van der Waals surface area contributed by atoms with E-state index in [1.165, 1.54) is 12.1 Å². The van der Waals surface area contributed by atoms with Crippen LogP contribution in [0.15, 0.2) is 45.5 Å². The second kappa shape index (κ2) is 5.80. The van der Waals surface area contributed by atoms with Crippen LogP contribution in [-0.4, -0.2) is 11.5 Å². The molecule has 5 heteroatoms. The Morgan fingerprint density at radius 1 is 1.28 bits per heavy atom. The van der Waals surface area contributed by atoms with Crippen molar-refractivity contribution in [2.24, 2.45) is 0 Å². The van der Waals surface area contributed by atoms with Gasteiger partial charge in [0.05, 0.1) is 4.47 Å². The van der Waals surface area contributed by atoms with E-state index in [1.54, 1.807) is 12.3 Å². The highest BCUT2D eigenvalue weighted by Gasteiger charge is 2.13. The maximum Gasteiger partial charge on any atom is 0.147 e. The third-order valence-electron chi connectivity index (χ3n) is 2.48. The summed E-state index contributed by atoms with van der Waals surface area (Å²) in [7, 11) is 0. The lowest BCUT2D eigenvalue weighted by Crippen LogP contribution is -2.18. The van der Waals surface area contributed by atoms with E-state index in [-0.39, 0.29) is 5.82 Å². The molecular formula is C13H11Br2FN2. The fourth-order valence-electron chi connectivity index (χ4n) is 1.70. The molecule has 0 aliphatic rings. The van der Waals surface area contributed by atoms with Crippen LogP contribution in [0.4, 0.5) is 15.9 Å². The fraction of sp³-hybridized carbons (Fsp3) is 0.154. The van der Waals surface area contributed by atoms with Crippen LogP contribution in [0.2, 0.25) is 0 Å². The van der Waals surface area contributed by atoms with Gasteiger partial charge in [0, 0.05) is 22.9 Å². The van der Waals surface area contributed by atoms with Crippen molar-refractivity contribution in [3.8, 4) is 0 Å². The smallest absolute Gasteiger partial charge is 0.147 e. The standard InChI is InChI=1S/C13H11Br2FN2/c1-2-18(11-5-3-4-10(16)7-11)13-12(15)6-9(14)8-17-13/h3-8H,2H2,1H3. The molecule has 2 aromatic rings. The van der Waals surface area contributed by atoms with E-state index >= 15 is 0 Å². The number of hydrogen-bond acceptors (Lipinski definition) is 2. The second-order valence-corrected chi connectivity index (χ2v) is 5.45. The Labute approximate surface area is 122 Å². The average molecular weight is 374 g/mol. The van der Waals surface area contributed by atoms with Gasteiger partial charge in [-0.05, 0) is 63.0 Å². The first kappa shape index (κ1) is 13.5. The van der Waals surface area contributed by atoms with Gasteiger partial charge in [-0.15, -0.1) is 0 Å². The van der Waals surface area contributed by atoms with Crippen molar-refractivity contribution in [1.82, 2.24) is 4.98 Å². The van der Waals surface area contributed by atoms with Crippen molar-refractivity contribution in [3.63, 3.8) is 0 Å². The zero-order valence-corrected chi connectivity index (χ0v) is 12.9. The molecule has 0 saturated heterocycles. The van der Waals surface area contributed by atoms with Crippen LogP contribution < -0.4 is 4.90 Å². The molecule has 1 heterocycles. The molecule has 0 N–H and O–H groups in total. The topological polar surface area (TPSA) is 16.1 Å². The second-order valence-electron chi connectivity index (χ2n) is 3.68. The minimum absolute atomic E-state index is 0.251. The molecule has 0 saturated carbocycles. The first-order valence-electron chi connectivity index (χ1n) is 5.46. The number of anilines is 2. The molecular weight excluding hydrogens is 363 g/mol. The number of halogens is 3. The molecule has 0 aliphatic heterocycles. The van der Waals surface area contributed by atoms with E-state index < -0.39 is 0 Å². The summed E-state index contributed by atoms with van der Waals surface area (Å²) in [5.41, 5.74) is 0.785. The molecule has 0 fully saturated rings. The van der Waals surface area contributed by atoms with Crippen LogP contribution in [0.5, 0.6) is 0 Å². The Kier molecular flexibility index (Phi) is 4.35. The van der Waals surface area contributed by atoms with Gasteiger partial charge in [0.1, 0.15) is 11.6 Å². The van der Waals surface area contributed by atoms with E-state index in [2.05, 4.69) is 36.8 Å². The number of benzene rings is 1. The quantitative estimate of drug-likeness (QED) is 0.760. The predicted octanol–water partition coefficient (Wildman–Crippen LogP) is 4.90. The van der Waals surface area contributed by atoms with Crippen LogP contribution >= 0.6 is 31.9 Å². The number of nitrogens with zero attached hydrogens (tertiary/aromatic N) is 2. The Hall–Kier alpha value is -0.940. The summed E-state index contributed by atoms with van der Waals surface area (Å²) in [6.07, 6.45) is 1.72. The molecule has 1 aromatic carbocycles. The van der Waals surface area contributed by atoms with Crippen molar-refractivity contribution < 1.29 is 4.39 Å². The summed E-state index contributed by atoms with van der Waals surface area (Å²) in [4.78, 5) is 6.31. The van der Waals surface area contributed by atoms with E-state index in [9.17, 15) is 4.39 Å². The molecule has 2 nitrogen and oxygen atoms in total. The number of aromatic nitrogens is 1. The third-order valence-corrected chi connectivity index (χ3v) is 3.50. The Bertz CT molecular complexity index is 560. The van der Waals surface area contributed by atoms with Crippen LogP contribution in [0.1, 0.15) is 6.92 Å². The van der Waals surface area contributed by atoms with E-state index in [0.29, 0.717) is 6.54 Å². The summed E-state index contributed by atoms with van der Waals surface area (Å²) in [6, 6.07) is 8.41. The summed E-state index contributed by atoms with van der Waals surface area (Å²) < 4.78 is 15.0. The molecule has 0 bridgehead atoms. The van der Waals surface area contributed by atoms with Crippen LogP contribution in [0.3, 0.4) is 0 Å². The van der Waals surface area contributed by atoms with E-state index in [4.69, 9.17) is 0 Å². The monoisotopic (exact) mass is 372 g/mol. The molecule has 2 rings (SSSR count). The van der Waals surface area contributed by atoms with Crippen molar-refractivity contribution in [2.75, 3.05) is 11.4 Å². The van der Waals surface area contributed by atoms with E-state index in [0.717, 1.165) is 20.5 Å². The Morgan fingerprint density at radius 2 is 2.06 bits per heavy atom. The van der Waals surface area contributed by atoms with Crippen molar-refractivity contribution in [1.29, 1.82) is 0 Å². The fourth-order valence-corrected chi connectivity index (χ4v) is 2.91. The molecule has 0 atom stereocenters. The first-order valence-corrected chi connectivity index (χ1v) is 7.04. The normalized spacial score (nSPS) is 10.4. The van der Waals surface area contributed by atoms with Crippen molar-refractivity contribution in [3.05, 3.63) is 51.3 Å². The average Bonchev–Trinajstić information content (AvgIpc) is 2.33. The number of hydrogen-bond donors (Lipinski definition) is 0. The van der Waals surface area contributed by atoms with Crippen molar-refractivity contribution >= 4 is 43.4 Å². The maximum absolute atomic E-state index is 13.3. The molecule has 18 heavy (non-hydrogen) atoms. The van der Waals surface area contributed by atoms with Gasteiger partial charge in [-0.2, -0.15) is 0 Å². The molecule has 0 radical (unpaired) electrons. The molecule has 94 valence electrons. The Morgan fingerprint density at radius 3 is 2.67 bits per heavy atom. The molecule has 0 amide bonds. The zero-order valence-electron chi connectivity index (χ0n) is 9.70. The first-order chi connectivity index (χ1) is 8.61.